The number of nitrogens with zero attached hydrogens (tertiary/aromatic N) is 1. The number of carbonyl (C=O) groups is 2. The first-order chi connectivity index (χ1) is 13.0. The monoisotopic (exact) mass is 406 g/mol. The van der Waals surface area contributed by atoms with E-state index in [4.69, 9.17) is 11.6 Å². The first-order valence-electron chi connectivity index (χ1n) is 8.58. The number of aliphatic hydroxyl groups is 1. The van der Waals surface area contributed by atoms with Gasteiger partial charge < -0.3 is 15.3 Å². The lowest BCUT2D eigenvalue weighted by molar-refractivity contribution is -0.136. The second-order valence-corrected chi connectivity index (χ2v) is 7.52. The summed E-state index contributed by atoms with van der Waals surface area (Å²) in [4.78, 5) is 27.1. The summed E-state index contributed by atoms with van der Waals surface area (Å²) in [6.45, 7) is 1.83. The van der Waals surface area contributed by atoms with E-state index in [2.05, 4.69) is 5.32 Å². The Balaban J connectivity index is 2.09. The third-order valence-corrected chi connectivity index (χ3v) is 5.16. The van der Waals surface area contributed by atoms with Crippen LogP contribution in [-0.4, -0.2) is 46.8 Å². The molecular weight excluding hydrogens is 384 g/mol. The third-order valence-electron chi connectivity index (χ3n) is 3.80. The fourth-order valence-electron chi connectivity index (χ4n) is 2.54. The molecule has 2 rings (SSSR count). The Labute approximate surface area is 168 Å². The van der Waals surface area contributed by atoms with Crippen LogP contribution in [0.4, 0.5) is 0 Å². The van der Waals surface area contributed by atoms with Gasteiger partial charge in [0.15, 0.2) is 0 Å². The highest BCUT2D eigenvalue weighted by Crippen LogP contribution is 2.21. The van der Waals surface area contributed by atoms with Gasteiger partial charge in [-0.25, -0.2) is 0 Å². The number of halogens is 1. The van der Waals surface area contributed by atoms with Crippen LogP contribution in [0.3, 0.4) is 0 Å². The molecule has 5 nitrogen and oxygen atoms in total. The van der Waals surface area contributed by atoms with Crippen molar-refractivity contribution in [3.63, 3.8) is 0 Å². The highest BCUT2D eigenvalue weighted by Gasteiger charge is 2.25. The molecule has 0 aliphatic carbocycles. The van der Waals surface area contributed by atoms with Crippen LogP contribution in [0.5, 0.6) is 0 Å². The summed E-state index contributed by atoms with van der Waals surface area (Å²) >= 11 is 7.36. The van der Waals surface area contributed by atoms with E-state index in [9.17, 15) is 14.7 Å². The first kappa shape index (κ1) is 21.3. The summed E-state index contributed by atoms with van der Waals surface area (Å²) < 4.78 is 0. The second kappa shape index (κ2) is 11.0. The van der Waals surface area contributed by atoms with Gasteiger partial charge in [-0.3, -0.25) is 9.59 Å². The van der Waals surface area contributed by atoms with Crippen molar-refractivity contribution in [2.45, 2.75) is 24.4 Å². The second-order valence-electron chi connectivity index (χ2n) is 5.99. The zero-order valence-corrected chi connectivity index (χ0v) is 16.7. The van der Waals surface area contributed by atoms with E-state index in [1.54, 1.807) is 17.0 Å². The highest BCUT2D eigenvalue weighted by molar-refractivity contribution is 7.99. The Hall–Kier alpha value is -2.02. The zero-order chi connectivity index (χ0) is 19.6. The lowest BCUT2D eigenvalue weighted by Crippen LogP contribution is -2.49. The minimum Gasteiger partial charge on any atom is -0.395 e. The number of benzene rings is 2. The molecule has 27 heavy (non-hydrogen) atoms. The van der Waals surface area contributed by atoms with Gasteiger partial charge in [0.2, 0.25) is 11.8 Å². The van der Waals surface area contributed by atoms with Crippen LogP contribution in [0, 0.1) is 0 Å². The van der Waals surface area contributed by atoms with Gasteiger partial charge in [0.25, 0.3) is 0 Å². The van der Waals surface area contributed by atoms with Gasteiger partial charge in [-0.05, 0) is 29.8 Å². The lowest BCUT2D eigenvalue weighted by Gasteiger charge is -2.27. The lowest BCUT2D eigenvalue weighted by atomic mass is 10.2. The third kappa shape index (κ3) is 7.25. The van der Waals surface area contributed by atoms with Crippen molar-refractivity contribution < 1.29 is 14.7 Å². The Morgan fingerprint density at radius 3 is 2.41 bits per heavy atom. The van der Waals surface area contributed by atoms with E-state index in [1.807, 2.05) is 42.5 Å². The molecule has 0 fully saturated rings. The fourth-order valence-corrected chi connectivity index (χ4v) is 3.58. The summed E-state index contributed by atoms with van der Waals surface area (Å²) in [7, 11) is 0. The largest absolute Gasteiger partial charge is 0.395 e. The van der Waals surface area contributed by atoms with E-state index < -0.39 is 6.04 Å². The molecule has 1 atom stereocenters. The molecule has 0 spiro atoms. The molecular formula is C20H23ClN2O3S. The molecule has 2 aromatic rings. The number of carbonyl (C=O) groups excluding carboxylic acids is 2. The number of aliphatic hydroxyl groups excluding tert-OH is 1. The number of rotatable bonds is 9. The normalized spacial score (nSPS) is 11.7. The molecule has 0 bridgehead atoms. The summed E-state index contributed by atoms with van der Waals surface area (Å²) in [6.07, 6.45) is 0. The van der Waals surface area contributed by atoms with Gasteiger partial charge in [0.1, 0.15) is 6.04 Å². The Kier molecular flexibility index (Phi) is 8.64. The van der Waals surface area contributed by atoms with E-state index in [1.165, 1.54) is 18.7 Å². The molecule has 0 saturated heterocycles. The molecule has 0 saturated carbocycles. The Bertz CT molecular complexity index is 741. The summed E-state index contributed by atoms with van der Waals surface area (Å²) in [5, 5.41) is 12.7. The zero-order valence-electron chi connectivity index (χ0n) is 15.1. The minimum atomic E-state index is -0.682. The first-order valence-corrected chi connectivity index (χ1v) is 9.95. The van der Waals surface area contributed by atoms with Crippen molar-refractivity contribution in [3.05, 3.63) is 65.2 Å². The predicted octanol–water partition coefficient (Wildman–Crippen LogP) is 2.96. The maximum atomic E-state index is 13.0. The number of amides is 2. The topological polar surface area (TPSA) is 69.6 Å². The van der Waals surface area contributed by atoms with Crippen LogP contribution in [0.15, 0.2) is 59.5 Å². The quantitative estimate of drug-likeness (QED) is 0.628. The van der Waals surface area contributed by atoms with Crippen molar-refractivity contribution in [1.29, 1.82) is 0 Å². The van der Waals surface area contributed by atoms with Crippen LogP contribution in [0.1, 0.15) is 12.5 Å². The van der Waals surface area contributed by atoms with Crippen molar-refractivity contribution in [2.75, 3.05) is 18.9 Å². The van der Waals surface area contributed by atoms with Crippen LogP contribution in [0.2, 0.25) is 5.02 Å². The van der Waals surface area contributed by atoms with Gasteiger partial charge >= 0.3 is 0 Å². The predicted molar refractivity (Wildman–Crippen MR) is 109 cm³/mol. The van der Waals surface area contributed by atoms with E-state index in [0.717, 1.165) is 10.5 Å². The molecule has 0 aliphatic rings. The van der Waals surface area contributed by atoms with Crippen molar-refractivity contribution in [1.82, 2.24) is 10.2 Å². The van der Waals surface area contributed by atoms with Gasteiger partial charge in [-0.2, -0.15) is 0 Å². The van der Waals surface area contributed by atoms with Gasteiger partial charge in [0, 0.05) is 35.7 Å². The van der Waals surface area contributed by atoms with Crippen molar-refractivity contribution in [3.8, 4) is 0 Å². The molecule has 2 amide bonds. The molecule has 0 radical (unpaired) electrons. The van der Waals surface area contributed by atoms with Crippen LogP contribution in [-0.2, 0) is 16.1 Å². The Morgan fingerprint density at radius 1 is 1.15 bits per heavy atom. The van der Waals surface area contributed by atoms with Gasteiger partial charge in [-0.1, -0.05) is 41.9 Å². The molecule has 2 aromatic carbocycles. The van der Waals surface area contributed by atoms with Gasteiger partial charge in [-0.15, -0.1) is 11.8 Å². The molecule has 0 aliphatic heterocycles. The van der Waals surface area contributed by atoms with Crippen molar-refractivity contribution in [2.24, 2.45) is 0 Å². The van der Waals surface area contributed by atoms with E-state index >= 15 is 0 Å². The fraction of sp³-hybridized carbons (Fsp3) is 0.300. The van der Waals surface area contributed by atoms with E-state index in [-0.39, 0.29) is 25.0 Å². The van der Waals surface area contributed by atoms with Gasteiger partial charge in [0.05, 0.1) is 6.61 Å². The number of hydrogen-bond donors (Lipinski definition) is 2. The van der Waals surface area contributed by atoms with Crippen molar-refractivity contribution >= 4 is 35.2 Å². The molecule has 7 heteroatoms. The molecule has 0 aromatic heterocycles. The number of thioether (sulfide) groups is 1. The van der Waals surface area contributed by atoms with Crippen LogP contribution < -0.4 is 5.32 Å². The van der Waals surface area contributed by atoms with Crippen LogP contribution >= 0.6 is 23.4 Å². The molecule has 0 heterocycles. The average molecular weight is 407 g/mol. The molecule has 1 unspecified atom stereocenters. The average Bonchev–Trinajstić information content (AvgIpc) is 2.66. The van der Waals surface area contributed by atoms with E-state index in [0.29, 0.717) is 17.3 Å². The Morgan fingerprint density at radius 2 is 1.81 bits per heavy atom. The number of nitrogens with one attached hydrogen (secondary N) is 1. The smallest absolute Gasteiger partial charge is 0.246 e. The number of hydrogen-bond acceptors (Lipinski definition) is 4. The summed E-state index contributed by atoms with van der Waals surface area (Å²) in [5.74, 6) is -0.102. The molecule has 144 valence electrons. The maximum absolute atomic E-state index is 13.0. The SMILES string of the molecule is CC(=O)NC(CSc1ccc(Cl)cc1)C(=O)N(CCO)Cc1ccccc1. The molecule has 2 N–H and O–H groups in total. The minimum absolute atomic E-state index is 0.143. The summed E-state index contributed by atoms with van der Waals surface area (Å²) in [5.41, 5.74) is 0.964. The standard InChI is InChI=1S/C20H23ClN2O3S/c1-15(25)22-19(14-27-18-9-7-17(21)8-10-18)20(26)23(11-12-24)13-16-5-3-2-4-6-16/h2-10,19,24H,11-14H2,1H3,(H,22,25). The highest BCUT2D eigenvalue weighted by atomic mass is 35.5. The maximum Gasteiger partial charge on any atom is 0.246 e. The van der Waals surface area contributed by atoms with Crippen LogP contribution in [0.25, 0.3) is 0 Å². The summed E-state index contributed by atoms with van der Waals surface area (Å²) in [6, 6.07) is 16.2.